The van der Waals surface area contributed by atoms with E-state index in [-0.39, 0.29) is 0 Å². The summed E-state index contributed by atoms with van der Waals surface area (Å²) < 4.78 is 11.0. The van der Waals surface area contributed by atoms with Crippen LogP contribution in [0.3, 0.4) is 0 Å². The molecule has 15 aromatic carbocycles. The second-order valence-corrected chi connectivity index (χ2v) is 29.8. The van der Waals surface area contributed by atoms with Gasteiger partial charge < -0.3 is 18.6 Å². The highest BCUT2D eigenvalue weighted by Crippen LogP contribution is 2.52. The molecule has 103 heavy (non-hydrogen) atoms. The fourth-order valence-electron chi connectivity index (χ4n) is 16.3. The Balaban J connectivity index is 0.696. The van der Waals surface area contributed by atoms with Crippen LogP contribution in [-0.2, 0) is 0 Å². The van der Waals surface area contributed by atoms with Gasteiger partial charge in [0.15, 0.2) is 0 Å². The average molecular weight is 1370 g/mol. The summed E-state index contributed by atoms with van der Waals surface area (Å²) in [4.78, 5) is 6.18. The smallest absolute Gasteiger partial charge is 0.0541 e. The summed E-state index contributed by atoms with van der Waals surface area (Å²) in [6, 6.07) is 135. The SMILES string of the molecule is c1ccc(-n2c3ccccc3c3cc(-c4c(-c5ccc(N(c6ccc(-c7sc8ccccc8c7-c7ccc8c(c7)c7ccccc7n8-c7ccccc7)cc6)c6ccc(-c7sc8ccccc8c7-c7ccc8c(c7)c7ccccc7n8-c7ccccc7)cc6)cc5)sc5ccccc45)ccc32)cc1. The predicted molar refractivity (Wildman–Crippen MR) is 443 cm³/mol. The molecule has 0 fully saturated rings. The number of hydrogen-bond donors (Lipinski definition) is 0. The van der Waals surface area contributed by atoms with Crippen molar-refractivity contribution in [3.63, 3.8) is 0 Å². The van der Waals surface area contributed by atoms with Gasteiger partial charge in [-0.05, 0) is 179 Å². The lowest BCUT2D eigenvalue weighted by Gasteiger charge is -2.26. The molecule has 7 heteroatoms. The lowest BCUT2D eigenvalue weighted by atomic mass is 9.96. The summed E-state index contributed by atoms with van der Waals surface area (Å²) in [6.07, 6.45) is 0. The van der Waals surface area contributed by atoms with Crippen LogP contribution in [0.15, 0.2) is 364 Å². The van der Waals surface area contributed by atoms with Gasteiger partial charge in [-0.25, -0.2) is 0 Å². The van der Waals surface area contributed by atoms with Crippen molar-refractivity contribution in [1.82, 2.24) is 13.7 Å². The fraction of sp³-hybridized carbons (Fsp3) is 0. The van der Waals surface area contributed by atoms with Gasteiger partial charge in [-0.1, -0.05) is 218 Å². The van der Waals surface area contributed by atoms with Crippen molar-refractivity contribution in [2.24, 2.45) is 0 Å². The lowest BCUT2D eigenvalue weighted by Crippen LogP contribution is -2.09. The van der Waals surface area contributed by atoms with Crippen LogP contribution >= 0.6 is 34.0 Å². The molecule has 0 aliphatic heterocycles. The van der Waals surface area contributed by atoms with Crippen LogP contribution in [-0.4, -0.2) is 13.7 Å². The van der Waals surface area contributed by atoms with Crippen molar-refractivity contribution in [2.75, 3.05) is 4.90 Å². The van der Waals surface area contributed by atoms with Crippen LogP contribution in [0.4, 0.5) is 17.1 Å². The van der Waals surface area contributed by atoms with Crippen LogP contribution in [0, 0.1) is 0 Å². The quantitative estimate of drug-likeness (QED) is 0.119. The molecule has 0 unspecified atom stereocenters. The number of thiophene rings is 3. The number of rotatable bonds is 12. The first-order chi connectivity index (χ1) is 51.1. The van der Waals surface area contributed by atoms with E-state index in [1.54, 1.807) is 0 Å². The minimum Gasteiger partial charge on any atom is -0.311 e. The highest BCUT2D eigenvalue weighted by atomic mass is 32.1. The first-order valence-corrected chi connectivity index (χ1v) is 37.5. The van der Waals surface area contributed by atoms with Crippen molar-refractivity contribution in [1.29, 1.82) is 0 Å². The Hall–Kier alpha value is -12.6. The molecular weight excluding hydrogens is 1310 g/mol. The molecular formula is C96H60N4S3. The molecule has 0 atom stereocenters. The number of fused-ring (bicyclic) bond motifs is 12. The molecule has 0 bridgehead atoms. The van der Waals surface area contributed by atoms with Gasteiger partial charge in [0, 0.05) is 128 Å². The molecule has 6 heterocycles. The van der Waals surface area contributed by atoms with Crippen LogP contribution in [0.5, 0.6) is 0 Å². The molecule has 0 saturated carbocycles. The van der Waals surface area contributed by atoms with E-state index in [0.29, 0.717) is 0 Å². The third kappa shape index (κ3) is 9.62. The Kier molecular flexibility index (Phi) is 13.8. The van der Waals surface area contributed by atoms with Gasteiger partial charge in [-0.3, -0.25) is 0 Å². The van der Waals surface area contributed by atoms with Gasteiger partial charge in [0.1, 0.15) is 0 Å². The van der Waals surface area contributed by atoms with Crippen LogP contribution in [0.25, 0.3) is 177 Å². The maximum Gasteiger partial charge on any atom is 0.0541 e. The largest absolute Gasteiger partial charge is 0.311 e. The van der Waals surface area contributed by atoms with Gasteiger partial charge in [0.05, 0.1) is 33.1 Å². The Bertz CT molecular complexity index is 6230. The Morgan fingerprint density at radius 2 is 0.417 bits per heavy atom. The zero-order chi connectivity index (χ0) is 67.6. The molecule has 0 saturated heterocycles. The number of hydrogen-bond acceptors (Lipinski definition) is 4. The van der Waals surface area contributed by atoms with E-state index in [1.165, 1.54) is 160 Å². The first kappa shape index (κ1) is 59.3. The summed E-state index contributed by atoms with van der Waals surface area (Å²) in [5.41, 5.74) is 24.8. The number of para-hydroxylation sites is 6. The molecule has 6 aromatic heterocycles. The van der Waals surface area contributed by atoms with Gasteiger partial charge >= 0.3 is 0 Å². The highest BCUT2D eigenvalue weighted by molar-refractivity contribution is 7.24. The van der Waals surface area contributed by atoms with Crippen molar-refractivity contribution in [3.05, 3.63) is 364 Å². The third-order valence-corrected chi connectivity index (χ3v) is 24.5. The van der Waals surface area contributed by atoms with Gasteiger partial charge in [-0.15, -0.1) is 34.0 Å². The molecule has 0 aliphatic carbocycles. The summed E-state index contributed by atoms with van der Waals surface area (Å²) in [6.45, 7) is 0. The predicted octanol–water partition coefficient (Wildman–Crippen LogP) is 28.1. The summed E-state index contributed by atoms with van der Waals surface area (Å²) >= 11 is 5.62. The van der Waals surface area contributed by atoms with Crippen LogP contribution in [0.2, 0.25) is 0 Å². The Labute approximate surface area is 606 Å². The second-order valence-electron chi connectivity index (χ2n) is 26.6. The van der Waals surface area contributed by atoms with Crippen molar-refractivity contribution in [3.8, 4) is 81.8 Å². The van der Waals surface area contributed by atoms with Crippen LogP contribution in [0.1, 0.15) is 0 Å². The standard InChI is InChI=1S/C96H60N4S3/c1-4-22-67(23-5-1)98-82-34-16-10-28-73(82)79-58-64(46-55-85(79)98)91-76-31-13-19-37-88(76)101-94(91)61-40-49-70(50-41-61)97(71-51-42-62(43-52-71)95-92(77-32-14-20-38-89(77)102-95)65-47-56-86-80(59-65)74-29-11-17-35-83(74)99(86)68-24-6-2-7-25-68)72-53-44-63(45-54-72)96-93(78-33-15-21-39-90(78)103-96)66-48-57-87-81(60-66)75-30-12-18-36-84(75)100(87)69-26-8-3-9-27-69/h1-60H. The summed E-state index contributed by atoms with van der Waals surface area (Å²) in [5.74, 6) is 0. The molecule has 0 amide bonds. The number of nitrogens with zero attached hydrogens (tertiary/aromatic N) is 4. The fourth-order valence-corrected chi connectivity index (χ4v) is 20.0. The monoisotopic (exact) mass is 1360 g/mol. The van der Waals surface area contributed by atoms with Crippen molar-refractivity contribution in [2.45, 2.75) is 0 Å². The van der Waals surface area contributed by atoms with E-state index < -0.39 is 0 Å². The molecule has 21 rings (SSSR count). The zero-order valence-electron chi connectivity index (χ0n) is 55.7. The van der Waals surface area contributed by atoms with Gasteiger partial charge in [0.25, 0.3) is 0 Å². The van der Waals surface area contributed by atoms with Gasteiger partial charge in [0.2, 0.25) is 0 Å². The second kappa shape index (κ2) is 24.0. The highest BCUT2D eigenvalue weighted by Gasteiger charge is 2.25. The third-order valence-electron chi connectivity index (χ3n) is 20.9. The lowest BCUT2D eigenvalue weighted by molar-refractivity contribution is 1.18. The first-order valence-electron chi connectivity index (χ1n) is 35.0. The van der Waals surface area contributed by atoms with E-state index in [4.69, 9.17) is 0 Å². The van der Waals surface area contributed by atoms with E-state index in [9.17, 15) is 0 Å². The maximum atomic E-state index is 2.43. The molecule has 21 aromatic rings. The normalized spacial score (nSPS) is 11.9. The minimum absolute atomic E-state index is 1.07. The average Bonchev–Trinajstić information content (AvgIpc) is 1.68. The number of benzene rings is 15. The molecule has 0 spiro atoms. The Morgan fingerprint density at radius 3 is 0.709 bits per heavy atom. The summed E-state index contributed by atoms with van der Waals surface area (Å²) in [5, 5.41) is 11.2. The summed E-state index contributed by atoms with van der Waals surface area (Å²) in [7, 11) is 0. The number of anilines is 3. The van der Waals surface area contributed by atoms with E-state index in [2.05, 4.69) is 383 Å². The minimum atomic E-state index is 1.07. The van der Waals surface area contributed by atoms with E-state index >= 15 is 0 Å². The Morgan fingerprint density at radius 1 is 0.184 bits per heavy atom. The topological polar surface area (TPSA) is 18.0 Å². The molecule has 4 nitrogen and oxygen atoms in total. The van der Waals surface area contributed by atoms with E-state index in [1.807, 2.05) is 34.0 Å². The van der Waals surface area contributed by atoms with Gasteiger partial charge in [-0.2, -0.15) is 0 Å². The van der Waals surface area contributed by atoms with E-state index in [0.717, 1.165) is 34.1 Å². The number of aromatic nitrogens is 3. The molecule has 0 radical (unpaired) electrons. The molecule has 0 aliphatic rings. The molecule has 482 valence electrons. The maximum absolute atomic E-state index is 2.43. The van der Waals surface area contributed by atoms with Crippen molar-refractivity contribution < 1.29 is 0 Å². The molecule has 0 N–H and O–H groups in total. The van der Waals surface area contributed by atoms with Crippen LogP contribution < -0.4 is 4.90 Å². The van der Waals surface area contributed by atoms with Crippen molar-refractivity contribution >= 4 is 147 Å². The zero-order valence-corrected chi connectivity index (χ0v) is 58.1.